The summed E-state index contributed by atoms with van der Waals surface area (Å²) in [5, 5.41) is 7.45. The largest absolute Gasteiger partial charge is 0.495 e. The Labute approximate surface area is 141 Å². The summed E-state index contributed by atoms with van der Waals surface area (Å²) < 4.78 is 12.2. The average Bonchev–Trinajstić information content (AvgIpc) is 2.56. The van der Waals surface area contributed by atoms with Crippen LogP contribution in [0, 0.1) is 5.41 Å². The van der Waals surface area contributed by atoms with E-state index in [2.05, 4.69) is 0 Å². The van der Waals surface area contributed by atoms with Crippen molar-refractivity contribution in [3.63, 3.8) is 0 Å². The lowest BCUT2D eigenvalue weighted by Crippen LogP contribution is -2.41. The summed E-state index contributed by atoms with van der Waals surface area (Å²) in [6.07, 6.45) is 0. The lowest BCUT2D eigenvalue weighted by molar-refractivity contribution is 0.00578. The lowest BCUT2D eigenvalue weighted by Gasteiger charge is -2.32. The molecule has 0 aliphatic carbocycles. The Bertz CT molecular complexity index is 509. The monoisotopic (exact) mass is 372 g/mol. The third kappa shape index (κ3) is 4.03. The van der Waals surface area contributed by atoms with Crippen LogP contribution in [0.2, 0.25) is 0 Å². The van der Waals surface area contributed by atoms with Crippen molar-refractivity contribution in [1.29, 1.82) is 5.41 Å². The fourth-order valence-electron chi connectivity index (χ4n) is 2.02. The Hall–Kier alpha value is -0.495. The third-order valence-corrected chi connectivity index (χ3v) is 4.71. The Morgan fingerprint density at radius 1 is 1.19 bits per heavy atom. The molecule has 21 heavy (non-hydrogen) atoms. The van der Waals surface area contributed by atoms with Gasteiger partial charge in [-0.15, -0.1) is 17.0 Å². The summed E-state index contributed by atoms with van der Waals surface area (Å²) in [5.74, 6) is 0.648. The fourth-order valence-corrected chi connectivity index (χ4v) is 2.60. The van der Waals surface area contributed by atoms with E-state index < -0.39 is 0 Å². The zero-order valence-corrected chi connectivity index (χ0v) is 15.3. The van der Waals surface area contributed by atoms with Crippen molar-refractivity contribution in [2.75, 3.05) is 0 Å². The van der Waals surface area contributed by atoms with E-state index in [1.54, 1.807) is 0 Å². The Kier molecular flexibility index (Phi) is 5.95. The number of nitrogens with two attached hydrogens (primary N) is 1. The summed E-state index contributed by atoms with van der Waals surface area (Å²) in [6, 6.07) is 7.99. The van der Waals surface area contributed by atoms with Crippen LogP contribution in [0.1, 0.15) is 33.3 Å². The number of rotatable bonds is 3. The number of thioether (sulfide) groups is 1. The van der Waals surface area contributed by atoms with Gasteiger partial charge in [-0.1, -0.05) is 36.0 Å². The van der Waals surface area contributed by atoms with Gasteiger partial charge in [-0.3, -0.25) is 5.41 Å². The maximum absolute atomic E-state index is 7.33. The smallest absolute Gasteiger partial charge is 0.399 e. The van der Waals surface area contributed by atoms with E-state index in [0.717, 1.165) is 11.0 Å². The topological polar surface area (TPSA) is 68.3 Å². The Morgan fingerprint density at radius 2 is 1.71 bits per heavy atom. The SMILES string of the molecule is Br.CC1(C)OB(c2ccccc2CSC(=N)N)OC1(C)C. The van der Waals surface area contributed by atoms with Crippen molar-refractivity contribution < 1.29 is 9.31 Å². The summed E-state index contributed by atoms with van der Waals surface area (Å²) in [4.78, 5) is 0. The van der Waals surface area contributed by atoms with Crippen LogP contribution >= 0.6 is 28.7 Å². The highest BCUT2D eigenvalue weighted by molar-refractivity contribution is 8.93. The average molecular weight is 373 g/mol. The van der Waals surface area contributed by atoms with Gasteiger partial charge in [0.25, 0.3) is 0 Å². The lowest BCUT2D eigenvalue weighted by atomic mass is 9.76. The molecule has 1 aromatic carbocycles. The summed E-state index contributed by atoms with van der Waals surface area (Å²) in [5.41, 5.74) is 6.82. The van der Waals surface area contributed by atoms with Crippen molar-refractivity contribution in [2.45, 2.75) is 44.6 Å². The zero-order chi connectivity index (χ0) is 15.0. The van der Waals surface area contributed by atoms with Gasteiger partial charge in [0.05, 0.1) is 11.2 Å². The van der Waals surface area contributed by atoms with Gasteiger partial charge in [-0.2, -0.15) is 0 Å². The van der Waals surface area contributed by atoms with E-state index in [-0.39, 0.29) is 40.5 Å². The summed E-state index contributed by atoms with van der Waals surface area (Å²) >= 11 is 1.31. The molecule has 0 radical (unpaired) electrons. The van der Waals surface area contributed by atoms with Gasteiger partial charge >= 0.3 is 7.12 Å². The summed E-state index contributed by atoms with van der Waals surface area (Å²) in [7, 11) is -0.372. The van der Waals surface area contributed by atoms with E-state index in [1.807, 2.05) is 52.0 Å². The molecule has 1 aromatic rings. The predicted octanol–water partition coefficient (Wildman–Crippen LogP) is 2.69. The molecule has 1 fully saturated rings. The molecule has 7 heteroatoms. The van der Waals surface area contributed by atoms with Gasteiger partial charge in [-0.25, -0.2) is 0 Å². The first-order valence-corrected chi connectivity index (χ1v) is 7.62. The van der Waals surface area contributed by atoms with Crippen LogP contribution in [-0.4, -0.2) is 23.5 Å². The zero-order valence-electron chi connectivity index (χ0n) is 12.8. The second kappa shape index (κ2) is 6.73. The minimum atomic E-state index is -0.372. The molecule has 0 atom stereocenters. The van der Waals surface area contributed by atoms with Crippen LogP contribution in [0.25, 0.3) is 0 Å². The van der Waals surface area contributed by atoms with E-state index in [9.17, 15) is 0 Å². The highest BCUT2D eigenvalue weighted by atomic mass is 79.9. The molecule has 0 bridgehead atoms. The first kappa shape index (κ1) is 18.6. The fraction of sp³-hybridized carbons (Fsp3) is 0.500. The van der Waals surface area contributed by atoms with Crippen LogP contribution in [0.5, 0.6) is 0 Å². The van der Waals surface area contributed by atoms with Gasteiger partial charge in [-0.05, 0) is 38.7 Å². The molecular weight excluding hydrogens is 351 g/mol. The van der Waals surface area contributed by atoms with Crippen LogP contribution in [0.4, 0.5) is 0 Å². The molecule has 0 amide bonds. The van der Waals surface area contributed by atoms with Gasteiger partial charge < -0.3 is 15.0 Å². The maximum Gasteiger partial charge on any atom is 0.495 e. The van der Waals surface area contributed by atoms with Crippen LogP contribution in [0.3, 0.4) is 0 Å². The quantitative estimate of drug-likeness (QED) is 0.486. The predicted molar refractivity (Wildman–Crippen MR) is 95.7 cm³/mol. The molecule has 116 valence electrons. The van der Waals surface area contributed by atoms with Crippen LogP contribution < -0.4 is 11.2 Å². The van der Waals surface area contributed by atoms with Crippen molar-refractivity contribution in [2.24, 2.45) is 5.73 Å². The highest BCUT2D eigenvalue weighted by Gasteiger charge is 2.52. The molecule has 4 nitrogen and oxygen atoms in total. The van der Waals surface area contributed by atoms with E-state index in [0.29, 0.717) is 5.75 Å². The molecular formula is C14H22BBrN2O2S. The van der Waals surface area contributed by atoms with E-state index in [4.69, 9.17) is 20.5 Å². The normalized spacial score (nSPS) is 19.1. The molecule has 0 aromatic heterocycles. The van der Waals surface area contributed by atoms with Crippen LogP contribution in [0.15, 0.2) is 24.3 Å². The standard InChI is InChI=1S/C14H21BN2O2S.BrH/c1-13(2)14(3,4)19-15(18-13)11-8-6-5-7-10(11)9-20-12(16)17;/h5-8H,9H2,1-4H3,(H3,16,17);1H. The number of halogens is 1. The van der Waals surface area contributed by atoms with Gasteiger partial charge in [0, 0.05) is 5.75 Å². The molecule has 0 saturated carbocycles. The first-order valence-electron chi connectivity index (χ1n) is 6.63. The minimum absolute atomic E-state index is 0. The maximum atomic E-state index is 7.33. The first-order chi connectivity index (χ1) is 9.23. The Balaban J connectivity index is 0.00000220. The summed E-state index contributed by atoms with van der Waals surface area (Å²) in [6.45, 7) is 8.17. The molecule has 1 heterocycles. The molecule has 1 saturated heterocycles. The molecule has 1 aliphatic heterocycles. The third-order valence-electron chi connectivity index (χ3n) is 3.95. The van der Waals surface area contributed by atoms with Crippen molar-refractivity contribution in [1.82, 2.24) is 0 Å². The van der Waals surface area contributed by atoms with Gasteiger partial charge in [0.15, 0.2) is 5.17 Å². The van der Waals surface area contributed by atoms with Crippen LogP contribution in [-0.2, 0) is 15.1 Å². The second-order valence-electron chi connectivity index (χ2n) is 5.94. The number of nitrogens with one attached hydrogen (secondary N) is 1. The van der Waals surface area contributed by atoms with E-state index in [1.165, 1.54) is 11.8 Å². The highest BCUT2D eigenvalue weighted by Crippen LogP contribution is 2.36. The molecule has 2 rings (SSSR count). The minimum Gasteiger partial charge on any atom is -0.399 e. The molecule has 1 aliphatic rings. The van der Waals surface area contributed by atoms with Gasteiger partial charge in [0.2, 0.25) is 0 Å². The number of amidine groups is 1. The number of hydrogen-bond acceptors (Lipinski definition) is 4. The molecule has 0 spiro atoms. The molecule has 3 N–H and O–H groups in total. The number of benzene rings is 1. The van der Waals surface area contributed by atoms with Crippen molar-refractivity contribution in [3.8, 4) is 0 Å². The molecule has 0 unspecified atom stereocenters. The van der Waals surface area contributed by atoms with Gasteiger partial charge in [0.1, 0.15) is 0 Å². The number of hydrogen-bond donors (Lipinski definition) is 2. The van der Waals surface area contributed by atoms with Crippen molar-refractivity contribution >= 4 is 46.5 Å². The second-order valence-corrected chi connectivity index (χ2v) is 6.96. The Morgan fingerprint density at radius 3 is 2.24 bits per heavy atom. The van der Waals surface area contributed by atoms with E-state index >= 15 is 0 Å². The van der Waals surface area contributed by atoms with Crippen molar-refractivity contribution in [3.05, 3.63) is 29.8 Å².